The van der Waals surface area contributed by atoms with E-state index < -0.39 is 10.0 Å². The van der Waals surface area contributed by atoms with E-state index in [9.17, 15) is 8.42 Å². The van der Waals surface area contributed by atoms with Crippen LogP contribution in [-0.4, -0.2) is 19.4 Å². The Balaban J connectivity index is 2.30. The van der Waals surface area contributed by atoms with Gasteiger partial charge in [-0.1, -0.05) is 12.8 Å². The van der Waals surface area contributed by atoms with Gasteiger partial charge < -0.3 is 5.43 Å². The van der Waals surface area contributed by atoms with Crippen LogP contribution in [0.15, 0.2) is 21.6 Å². The molecule has 0 unspecified atom stereocenters. The maximum absolute atomic E-state index is 12.3. The first-order valence-electron chi connectivity index (χ1n) is 5.67. The van der Waals surface area contributed by atoms with Crippen LogP contribution < -0.4 is 16.0 Å². The van der Waals surface area contributed by atoms with E-state index in [-0.39, 0.29) is 16.8 Å². The minimum atomic E-state index is -3.59. The summed E-state index contributed by atoms with van der Waals surface area (Å²) >= 11 is 3.21. The fourth-order valence-electron chi connectivity index (χ4n) is 2.06. The molecule has 1 aromatic rings. The number of sulfonamides is 1. The Morgan fingerprint density at radius 3 is 2.67 bits per heavy atom. The highest BCUT2D eigenvalue weighted by molar-refractivity contribution is 9.10. The molecule has 0 radical (unpaired) electrons. The second kappa shape index (κ2) is 5.52. The molecule has 0 aromatic carbocycles. The normalized spacial score (nSPS) is 17.0. The molecule has 100 valence electrons. The molecule has 0 atom stereocenters. The number of nitrogens with zero attached hydrogens (tertiary/aromatic N) is 1. The van der Waals surface area contributed by atoms with Crippen LogP contribution in [-0.2, 0) is 10.0 Å². The number of aromatic nitrogens is 1. The zero-order chi connectivity index (χ0) is 13.2. The first-order valence-corrected chi connectivity index (χ1v) is 7.95. The molecule has 4 N–H and O–H groups in total. The quantitative estimate of drug-likeness (QED) is 0.570. The summed E-state index contributed by atoms with van der Waals surface area (Å²) in [4.78, 5) is 4.00. The number of pyridine rings is 1. The molecule has 1 fully saturated rings. The number of nitrogens with one attached hydrogen (secondary N) is 2. The van der Waals surface area contributed by atoms with Crippen molar-refractivity contribution in [2.75, 3.05) is 5.43 Å². The summed E-state index contributed by atoms with van der Waals surface area (Å²) in [6.07, 6.45) is 5.37. The number of hydrazine groups is 1. The third-order valence-corrected chi connectivity index (χ3v) is 4.89. The molecule has 8 heteroatoms. The van der Waals surface area contributed by atoms with Gasteiger partial charge >= 0.3 is 0 Å². The van der Waals surface area contributed by atoms with E-state index in [4.69, 9.17) is 5.84 Å². The predicted molar refractivity (Wildman–Crippen MR) is 72.3 cm³/mol. The lowest BCUT2D eigenvalue weighted by Crippen LogP contribution is -2.33. The van der Waals surface area contributed by atoms with Crippen LogP contribution in [0.3, 0.4) is 0 Å². The van der Waals surface area contributed by atoms with E-state index >= 15 is 0 Å². The number of halogens is 1. The Kier molecular flexibility index (Phi) is 4.21. The Hall–Kier alpha value is -0.700. The van der Waals surface area contributed by atoms with Gasteiger partial charge in [-0.3, -0.25) is 0 Å². The zero-order valence-corrected chi connectivity index (χ0v) is 12.1. The molecule has 1 aliphatic carbocycles. The summed E-state index contributed by atoms with van der Waals surface area (Å²) in [5.41, 5.74) is 2.30. The van der Waals surface area contributed by atoms with E-state index in [1.807, 2.05) is 0 Å². The van der Waals surface area contributed by atoms with Gasteiger partial charge in [0.1, 0.15) is 4.90 Å². The first kappa shape index (κ1) is 13.7. The fourth-order valence-corrected chi connectivity index (χ4v) is 3.99. The Labute approximate surface area is 115 Å². The Morgan fingerprint density at radius 1 is 1.39 bits per heavy atom. The van der Waals surface area contributed by atoms with Crippen LogP contribution in [0.5, 0.6) is 0 Å². The molecule has 1 saturated carbocycles. The summed E-state index contributed by atoms with van der Waals surface area (Å²) in [5.74, 6) is 5.43. The molecule has 1 heterocycles. The van der Waals surface area contributed by atoms with Crippen molar-refractivity contribution >= 4 is 31.8 Å². The van der Waals surface area contributed by atoms with Crippen molar-refractivity contribution in [3.05, 3.63) is 16.7 Å². The molecule has 18 heavy (non-hydrogen) atoms. The summed E-state index contributed by atoms with van der Waals surface area (Å²) < 4.78 is 27.8. The van der Waals surface area contributed by atoms with Crippen molar-refractivity contribution < 1.29 is 8.42 Å². The van der Waals surface area contributed by atoms with Crippen LogP contribution in [0.4, 0.5) is 5.82 Å². The Bertz CT molecular complexity index is 529. The number of anilines is 1. The van der Waals surface area contributed by atoms with Gasteiger partial charge in [0.25, 0.3) is 0 Å². The van der Waals surface area contributed by atoms with Crippen LogP contribution in [0.25, 0.3) is 0 Å². The molecule has 0 bridgehead atoms. The van der Waals surface area contributed by atoms with Crippen LogP contribution in [0.1, 0.15) is 25.7 Å². The lowest BCUT2D eigenvalue weighted by Gasteiger charge is -2.14. The minimum absolute atomic E-state index is 0.0135. The number of nitrogens with two attached hydrogens (primary N) is 1. The molecule has 0 aliphatic heterocycles. The third-order valence-electron chi connectivity index (χ3n) is 2.92. The highest BCUT2D eigenvalue weighted by atomic mass is 79.9. The second-order valence-electron chi connectivity index (χ2n) is 4.25. The van der Waals surface area contributed by atoms with Crippen LogP contribution in [0, 0.1) is 0 Å². The topological polar surface area (TPSA) is 97.1 Å². The van der Waals surface area contributed by atoms with Crippen molar-refractivity contribution in [3.8, 4) is 0 Å². The van der Waals surface area contributed by atoms with Gasteiger partial charge in [-0.05, 0) is 34.8 Å². The number of hydrogen-bond acceptors (Lipinski definition) is 5. The molecule has 1 aromatic heterocycles. The van der Waals surface area contributed by atoms with E-state index in [1.54, 1.807) is 0 Å². The van der Waals surface area contributed by atoms with Crippen molar-refractivity contribution in [3.63, 3.8) is 0 Å². The van der Waals surface area contributed by atoms with Crippen LogP contribution in [0.2, 0.25) is 0 Å². The number of rotatable bonds is 4. The van der Waals surface area contributed by atoms with E-state index in [0.717, 1.165) is 25.7 Å². The van der Waals surface area contributed by atoms with Gasteiger partial charge in [-0.2, -0.15) is 0 Å². The fraction of sp³-hybridized carbons (Fsp3) is 0.500. The molecule has 0 saturated heterocycles. The molecule has 6 nitrogen and oxygen atoms in total. The van der Waals surface area contributed by atoms with Gasteiger partial charge in [0.2, 0.25) is 10.0 Å². The zero-order valence-electron chi connectivity index (χ0n) is 9.69. The van der Waals surface area contributed by atoms with Crippen LogP contribution >= 0.6 is 15.9 Å². The summed E-state index contributed by atoms with van der Waals surface area (Å²) in [7, 11) is -3.59. The van der Waals surface area contributed by atoms with Gasteiger partial charge in [0, 0.05) is 16.7 Å². The summed E-state index contributed by atoms with van der Waals surface area (Å²) in [6, 6.07) is 1.50. The number of nitrogen functional groups attached to an aromatic ring is 1. The smallest absolute Gasteiger partial charge is 0.244 e. The maximum Gasteiger partial charge on any atom is 0.244 e. The average molecular weight is 335 g/mol. The Morgan fingerprint density at radius 2 is 2.06 bits per heavy atom. The summed E-state index contributed by atoms with van der Waals surface area (Å²) in [6.45, 7) is 0. The first-order chi connectivity index (χ1) is 8.53. The largest absolute Gasteiger partial charge is 0.307 e. The van der Waals surface area contributed by atoms with E-state index in [2.05, 4.69) is 31.1 Å². The third kappa shape index (κ3) is 3.00. The molecule has 0 spiro atoms. The van der Waals surface area contributed by atoms with Gasteiger partial charge in [0.15, 0.2) is 5.82 Å². The molecule has 0 amide bonds. The molecule has 1 aliphatic rings. The van der Waals surface area contributed by atoms with Crippen molar-refractivity contribution in [2.45, 2.75) is 36.6 Å². The second-order valence-corrected chi connectivity index (χ2v) is 6.85. The van der Waals surface area contributed by atoms with Gasteiger partial charge in [0.05, 0.1) is 0 Å². The van der Waals surface area contributed by atoms with E-state index in [1.165, 1.54) is 12.3 Å². The molecule has 2 rings (SSSR count). The lowest BCUT2D eigenvalue weighted by atomic mass is 10.3. The SMILES string of the molecule is NNc1ncc(Br)cc1S(=O)(=O)NC1CCCC1. The monoisotopic (exact) mass is 334 g/mol. The van der Waals surface area contributed by atoms with Crippen molar-refractivity contribution in [1.29, 1.82) is 0 Å². The standard InChI is InChI=1S/C10H15BrN4O2S/c11-7-5-9(10(14-12)13-6-7)18(16,17)15-8-3-1-2-4-8/h5-6,8,15H,1-4,12H2,(H,13,14). The maximum atomic E-state index is 12.3. The molecular formula is C10H15BrN4O2S. The highest BCUT2D eigenvalue weighted by Crippen LogP contribution is 2.25. The average Bonchev–Trinajstić information content (AvgIpc) is 2.81. The minimum Gasteiger partial charge on any atom is -0.307 e. The van der Waals surface area contributed by atoms with Crippen molar-refractivity contribution in [2.24, 2.45) is 5.84 Å². The highest BCUT2D eigenvalue weighted by Gasteiger charge is 2.25. The van der Waals surface area contributed by atoms with Gasteiger partial charge in [-0.25, -0.2) is 24.0 Å². The van der Waals surface area contributed by atoms with Crippen molar-refractivity contribution in [1.82, 2.24) is 9.71 Å². The molecular weight excluding hydrogens is 320 g/mol. The summed E-state index contributed by atoms with van der Waals surface area (Å²) in [5, 5.41) is 0. The van der Waals surface area contributed by atoms with E-state index in [0.29, 0.717) is 4.47 Å². The predicted octanol–water partition coefficient (Wildman–Crippen LogP) is 1.35. The number of hydrogen-bond donors (Lipinski definition) is 3. The van der Waals surface area contributed by atoms with Gasteiger partial charge in [-0.15, -0.1) is 0 Å². The lowest BCUT2D eigenvalue weighted by molar-refractivity contribution is 0.552.